The smallest absolute Gasteiger partial charge is 0.377 e. The number of rotatable bonds is 2. The number of H-pyrrole nitrogens is 1. The third-order valence-electron chi connectivity index (χ3n) is 0.853. The average Bonchev–Trinajstić information content (AvgIpc) is 1.82. The molecule has 0 spiro atoms. The highest BCUT2D eigenvalue weighted by atomic mass is 32.5. The zero-order valence-electron chi connectivity index (χ0n) is 5.67. The van der Waals surface area contributed by atoms with Gasteiger partial charge in [0.05, 0.1) is 0 Å². The lowest BCUT2D eigenvalue weighted by Crippen LogP contribution is -2.06. The van der Waals surface area contributed by atoms with Crippen LogP contribution >= 0.6 is 6.72 Å². The first-order valence-electron chi connectivity index (χ1n) is 2.78. The number of nitrogens with one attached hydrogen (secondary N) is 1. The summed E-state index contributed by atoms with van der Waals surface area (Å²) in [6.07, 6.45) is 1.17. The second-order valence-corrected chi connectivity index (χ2v) is 4.41. The third kappa shape index (κ3) is 3.10. The van der Waals surface area contributed by atoms with E-state index < -0.39 is 12.3 Å². The molecule has 12 heavy (non-hydrogen) atoms. The Morgan fingerprint density at radius 1 is 1.67 bits per heavy atom. The van der Waals surface area contributed by atoms with Crippen molar-refractivity contribution >= 4 is 18.5 Å². The first kappa shape index (κ1) is 9.34. The molecule has 0 fully saturated rings. The maximum absolute atomic E-state index is 10.6. The molecule has 0 bridgehead atoms. The van der Waals surface area contributed by atoms with Gasteiger partial charge in [0.1, 0.15) is 0 Å². The lowest BCUT2D eigenvalue weighted by atomic mass is 10.7. The molecule has 1 aromatic rings. The van der Waals surface area contributed by atoms with E-state index in [0.717, 1.165) is 6.07 Å². The molecule has 0 aliphatic rings. The van der Waals surface area contributed by atoms with Gasteiger partial charge in [-0.25, -0.2) is 4.98 Å². The van der Waals surface area contributed by atoms with Crippen LogP contribution in [0.4, 0.5) is 0 Å². The molecule has 1 rings (SSSR count). The molecule has 3 N–H and O–H groups in total. The maximum Gasteiger partial charge on any atom is 0.377 e. The average molecular weight is 208 g/mol. The fourth-order valence-electron chi connectivity index (χ4n) is 0.511. The Morgan fingerprint density at radius 2 is 2.33 bits per heavy atom. The highest BCUT2D eigenvalue weighted by molar-refractivity contribution is 8.06. The molecular weight excluding hydrogens is 203 g/mol. The second-order valence-electron chi connectivity index (χ2n) is 1.82. The standard InChI is InChI=1S/C4H5N2O4PS/c7-3-1-2-5-4(6-3)10-11(8,9)12/h1-2H,(H,5,6,7)(H2,8,9,12). The van der Waals surface area contributed by atoms with Crippen molar-refractivity contribution in [2.75, 3.05) is 0 Å². The molecule has 0 atom stereocenters. The van der Waals surface area contributed by atoms with Crippen molar-refractivity contribution in [3.05, 3.63) is 22.6 Å². The molecule has 8 heteroatoms. The van der Waals surface area contributed by atoms with Crippen LogP contribution < -0.4 is 10.1 Å². The van der Waals surface area contributed by atoms with E-state index in [9.17, 15) is 4.79 Å². The Morgan fingerprint density at radius 3 is 2.83 bits per heavy atom. The van der Waals surface area contributed by atoms with Crippen LogP contribution in [-0.2, 0) is 11.8 Å². The molecule has 0 aliphatic heterocycles. The molecule has 0 aliphatic carbocycles. The first-order chi connectivity index (χ1) is 5.47. The van der Waals surface area contributed by atoms with Crippen molar-refractivity contribution in [3.8, 4) is 6.01 Å². The van der Waals surface area contributed by atoms with Crippen molar-refractivity contribution in [1.82, 2.24) is 9.97 Å². The molecule has 6 nitrogen and oxygen atoms in total. The summed E-state index contributed by atoms with van der Waals surface area (Å²) in [5.74, 6) is 0. The molecule has 1 aromatic heterocycles. The molecule has 0 radical (unpaired) electrons. The number of hydrogen-bond donors (Lipinski definition) is 3. The van der Waals surface area contributed by atoms with E-state index >= 15 is 0 Å². The van der Waals surface area contributed by atoms with Gasteiger partial charge in [-0.1, -0.05) is 0 Å². The summed E-state index contributed by atoms with van der Waals surface area (Å²) >= 11 is 4.15. The lowest BCUT2D eigenvalue weighted by molar-refractivity contribution is 0.357. The summed E-state index contributed by atoms with van der Waals surface area (Å²) in [6, 6.07) is 0.862. The number of nitrogens with zero attached hydrogens (tertiary/aromatic N) is 1. The molecule has 0 aromatic carbocycles. The van der Waals surface area contributed by atoms with Gasteiger partial charge in [-0.15, -0.1) is 0 Å². The van der Waals surface area contributed by atoms with E-state index in [1.54, 1.807) is 0 Å². The second kappa shape index (κ2) is 3.32. The molecule has 0 saturated heterocycles. The third-order valence-corrected chi connectivity index (χ3v) is 1.49. The SMILES string of the molecule is O=c1ccnc(OP(O)(O)=S)[nH]1. The van der Waals surface area contributed by atoms with Crippen LogP contribution in [0, 0.1) is 0 Å². The summed E-state index contributed by atoms with van der Waals surface area (Å²) < 4.78 is 4.35. The van der Waals surface area contributed by atoms with Crippen LogP contribution in [0.1, 0.15) is 0 Å². The van der Waals surface area contributed by atoms with Crippen LogP contribution in [0.25, 0.3) is 0 Å². The summed E-state index contributed by atoms with van der Waals surface area (Å²) in [7, 11) is 0. The zero-order chi connectivity index (χ0) is 9.19. The summed E-state index contributed by atoms with van der Waals surface area (Å²) in [5, 5.41) is 0. The molecule has 0 unspecified atom stereocenters. The maximum atomic E-state index is 10.6. The summed E-state index contributed by atoms with van der Waals surface area (Å²) in [4.78, 5) is 33.5. The molecule has 0 amide bonds. The number of aromatic amines is 1. The van der Waals surface area contributed by atoms with Crippen molar-refractivity contribution < 1.29 is 14.3 Å². The first-order valence-corrected chi connectivity index (χ1v) is 5.40. The van der Waals surface area contributed by atoms with Gasteiger partial charge >= 0.3 is 12.7 Å². The fourth-order valence-corrected chi connectivity index (χ4v) is 1.04. The Hall–Kier alpha value is -0.750. The molecular formula is C4H5N2O4PS. The Bertz CT molecular complexity index is 371. The minimum Gasteiger partial charge on any atom is -0.391 e. The van der Waals surface area contributed by atoms with Gasteiger partial charge in [-0.2, -0.15) is 0 Å². The van der Waals surface area contributed by atoms with Crippen LogP contribution in [0.5, 0.6) is 6.01 Å². The number of aromatic nitrogens is 2. The topological polar surface area (TPSA) is 95.4 Å². The zero-order valence-corrected chi connectivity index (χ0v) is 7.38. The predicted molar refractivity (Wildman–Crippen MR) is 44.2 cm³/mol. The highest BCUT2D eigenvalue weighted by Gasteiger charge is 2.10. The van der Waals surface area contributed by atoms with Crippen molar-refractivity contribution in [2.45, 2.75) is 0 Å². The van der Waals surface area contributed by atoms with Gasteiger partial charge in [-0.05, 0) is 0 Å². The number of hydrogen-bond acceptors (Lipinski definition) is 4. The van der Waals surface area contributed by atoms with E-state index in [-0.39, 0.29) is 6.01 Å². The Kier molecular flexibility index (Phi) is 2.58. The fraction of sp³-hybridized carbons (Fsp3) is 0. The van der Waals surface area contributed by atoms with E-state index in [1.807, 2.05) is 0 Å². The minimum atomic E-state index is -3.81. The Balaban J connectivity index is 2.91. The van der Waals surface area contributed by atoms with Gasteiger partial charge in [-0.3, -0.25) is 9.78 Å². The normalized spacial score (nSPS) is 11.2. The van der Waals surface area contributed by atoms with E-state index in [0.29, 0.717) is 0 Å². The van der Waals surface area contributed by atoms with Crippen LogP contribution in [0.2, 0.25) is 0 Å². The van der Waals surface area contributed by atoms with Crippen LogP contribution in [0.3, 0.4) is 0 Å². The highest BCUT2D eigenvalue weighted by Crippen LogP contribution is 2.35. The van der Waals surface area contributed by atoms with Gasteiger partial charge < -0.3 is 14.3 Å². The van der Waals surface area contributed by atoms with E-state index in [4.69, 9.17) is 9.79 Å². The van der Waals surface area contributed by atoms with Gasteiger partial charge in [0, 0.05) is 24.1 Å². The summed E-state index contributed by atoms with van der Waals surface area (Å²) in [6.45, 7) is -3.81. The van der Waals surface area contributed by atoms with E-state index in [2.05, 4.69) is 26.3 Å². The molecule has 1 heterocycles. The lowest BCUT2D eigenvalue weighted by Gasteiger charge is -2.06. The van der Waals surface area contributed by atoms with Gasteiger partial charge in [0.2, 0.25) is 0 Å². The van der Waals surface area contributed by atoms with Gasteiger partial charge in [0.15, 0.2) is 0 Å². The predicted octanol–water partition coefficient (Wildman–Crippen LogP) is -0.642. The summed E-state index contributed by atoms with van der Waals surface area (Å²) in [5.41, 5.74) is -0.455. The van der Waals surface area contributed by atoms with Crippen molar-refractivity contribution in [1.29, 1.82) is 0 Å². The van der Waals surface area contributed by atoms with Crippen LogP contribution in [0.15, 0.2) is 17.1 Å². The minimum absolute atomic E-state index is 0.296. The van der Waals surface area contributed by atoms with Crippen molar-refractivity contribution in [2.24, 2.45) is 0 Å². The molecule has 0 saturated carbocycles. The molecule has 66 valence electrons. The van der Waals surface area contributed by atoms with Crippen molar-refractivity contribution in [3.63, 3.8) is 0 Å². The van der Waals surface area contributed by atoms with Gasteiger partial charge in [0.25, 0.3) is 5.56 Å². The largest absolute Gasteiger partial charge is 0.391 e. The van der Waals surface area contributed by atoms with E-state index in [1.165, 1.54) is 6.20 Å². The quantitative estimate of drug-likeness (QED) is 0.559. The Labute approximate surface area is 72.1 Å². The van der Waals surface area contributed by atoms with Crippen LogP contribution in [-0.4, -0.2) is 19.8 Å². The monoisotopic (exact) mass is 208 g/mol.